The summed E-state index contributed by atoms with van der Waals surface area (Å²) in [5, 5.41) is 9.20. The monoisotopic (exact) mass is 162 g/mol. The van der Waals surface area contributed by atoms with Crippen LogP contribution >= 0.6 is 23.5 Å². The highest BCUT2D eigenvalue weighted by molar-refractivity contribution is 8.19. The molecule has 1 N–H and O–H groups in total. The summed E-state index contributed by atoms with van der Waals surface area (Å²) >= 11 is 3.91. The molecule has 1 aliphatic heterocycles. The lowest BCUT2D eigenvalue weighted by Gasteiger charge is -2.19. The Hall–Kier alpha value is 0.660. The number of thioether (sulfide) groups is 2. The zero-order valence-corrected chi connectivity index (χ0v) is 6.80. The predicted octanol–water partition coefficient (Wildman–Crippen LogP) is 1.32. The van der Waals surface area contributed by atoms with E-state index in [0.717, 1.165) is 6.42 Å². The molecule has 0 radical (unpaired) electrons. The summed E-state index contributed by atoms with van der Waals surface area (Å²) in [4.78, 5) is 0. The Labute approximate surface area is 63.6 Å². The highest BCUT2D eigenvalue weighted by Gasteiger charge is 2.55. The van der Waals surface area contributed by atoms with Gasteiger partial charge in [-0.1, -0.05) is 0 Å². The molecule has 1 aliphatic carbocycles. The molecule has 0 bridgehead atoms. The zero-order chi connectivity index (χ0) is 6.32. The van der Waals surface area contributed by atoms with Gasteiger partial charge >= 0.3 is 0 Å². The Morgan fingerprint density at radius 3 is 2.22 bits per heavy atom. The molecule has 1 atom stereocenters. The first-order chi connectivity index (χ1) is 4.33. The Bertz CT molecular complexity index is 120. The minimum atomic E-state index is 0.00722. The van der Waals surface area contributed by atoms with Crippen molar-refractivity contribution in [2.24, 2.45) is 0 Å². The Morgan fingerprint density at radius 2 is 1.89 bits per heavy atom. The lowest BCUT2D eigenvalue weighted by atomic mass is 10.6. The first kappa shape index (κ1) is 6.38. The minimum absolute atomic E-state index is 0.00722. The zero-order valence-electron chi connectivity index (χ0n) is 5.17. The fourth-order valence-electron chi connectivity index (χ4n) is 1.11. The van der Waals surface area contributed by atoms with E-state index in [1.165, 1.54) is 17.9 Å². The summed E-state index contributed by atoms with van der Waals surface area (Å²) in [6.45, 7) is 0. The number of rotatable bonds is 0. The average molecular weight is 162 g/mol. The van der Waals surface area contributed by atoms with E-state index in [-0.39, 0.29) is 10.2 Å². The average Bonchev–Trinajstić information content (AvgIpc) is 2.44. The van der Waals surface area contributed by atoms with E-state index in [0.29, 0.717) is 0 Å². The number of hydrogen-bond acceptors (Lipinski definition) is 3. The van der Waals surface area contributed by atoms with Crippen molar-refractivity contribution >= 4 is 23.5 Å². The summed E-state index contributed by atoms with van der Waals surface area (Å²) in [6, 6.07) is 0. The van der Waals surface area contributed by atoms with Crippen LogP contribution in [0.3, 0.4) is 0 Å². The SMILES string of the molecule is O[C@@H]1CC12SCCCS2. The molecule has 2 fully saturated rings. The molecule has 1 saturated heterocycles. The van der Waals surface area contributed by atoms with Gasteiger partial charge in [0, 0.05) is 6.42 Å². The van der Waals surface area contributed by atoms with Crippen LogP contribution in [0.15, 0.2) is 0 Å². The summed E-state index contributed by atoms with van der Waals surface area (Å²) in [5.41, 5.74) is 0. The van der Waals surface area contributed by atoms with Gasteiger partial charge in [-0.3, -0.25) is 0 Å². The molecule has 2 aliphatic rings. The van der Waals surface area contributed by atoms with Crippen LogP contribution in [0.5, 0.6) is 0 Å². The van der Waals surface area contributed by atoms with Crippen molar-refractivity contribution in [3.05, 3.63) is 0 Å². The predicted molar refractivity (Wildman–Crippen MR) is 42.9 cm³/mol. The molecule has 0 aromatic carbocycles. The highest BCUT2D eigenvalue weighted by Crippen LogP contribution is 2.59. The van der Waals surface area contributed by atoms with Crippen LogP contribution in [0.4, 0.5) is 0 Å². The fourth-order valence-corrected chi connectivity index (χ4v) is 4.33. The molecular weight excluding hydrogens is 152 g/mol. The van der Waals surface area contributed by atoms with Gasteiger partial charge in [-0.15, -0.1) is 23.5 Å². The normalized spacial score (nSPS) is 39.0. The molecule has 2 rings (SSSR count). The van der Waals surface area contributed by atoms with Gasteiger partial charge in [0.2, 0.25) is 0 Å². The molecular formula is C6H10OS2. The number of aliphatic hydroxyl groups excluding tert-OH is 1. The van der Waals surface area contributed by atoms with Crippen LogP contribution in [0.2, 0.25) is 0 Å². The lowest BCUT2D eigenvalue weighted by Crippen LogP contribution is -2.11. The molecule has 52 valence electrons. The number of hydrogen-bond donors (Lipinski definition) is 1. The van der Waals surface area contributed by atoms with Gasteiger partial charge in [-0.05, 0) is 17.9 Å². The van der Waals surface area contributed by atoms with Gasteiger partial charge in [-0.2, -0.15) is 0 Å². The van der Waals surface area contributed by atoms with Gasteiger partial charge in [0.1, 0.15) is 0 Å². The third-order valence-corrected chi connectivity index (χ3v) is 5.35. The van der Waals surface area contributed by atoms with Gasteiger partial charge in [0.25, 0.3) is 0 Å². The van der Waals surface area contributed by atoms with E-state index in [9.17, 15) is 5.11 Å². The van der Waals surface area contributed by atoms with Crippen LogP contribution in [0, 0.1) is 0 Å². The van der Waals surface area contributed by atoms with Crippen molar-refractivity contribution in [1.82, 2.24) is 0 Å². The molecule has 1 heterocycles. The van der Waals surface area contributed by atoms with Crippen molar-refractivity contribution in [1.29, 1.82) is 0 Å². The van der Waals surface area contributed by atoms with Gasteiger partial charge in [0.05, 0.1) is 10.2 Å². The largest absolute Gasteiger partial charge is 0.391 e. The van der Waals surface area contributed by atoms with Crippen LogP contribution in [-0.2, 0) is 0 Å². The summed E-state index contributed by atoms with van der Waals surface area (Å²) in [7, 11) is 0. The van der Waals surface area contributed by atoms with Crippen molar-refractivity contribution in [2.45, 2.75) is 23.0 Å². The maximum atomic E-state index is 9.20. The second kappa shape index (κ2) is 2.07. The standard InChI is InChI=1S/C6H10OS2/c7-5-4-6(5)8-2-1-3-9-6/h5,7H,1-4H2/t5-/m1/s1. The van der Waals surface area contributed by atoms with Crippen LogP contribution in [-0.4, -0.2) is 26.8 Å². The molecule has 1 spiro atoms. The maximum absolute atomic E-state index is 9.20. The quantitative estimate of drug-likeness (QED) is 0.580. The molecule has 0 aromatic heterocycles. The summed E-state index contributed by atoms with van der Waals surface area (Å²) in [6.07, 6.45) is 2.36. The van der Waals surface area contributed by atoms with E-state index in [1.807, 2.05) is 23.5 Å². The summed E-state index contributed by atoms with van der Waals surface area (Å²) in [5.74, 6) is 2.51. The fraction of sp³-hybridized carbons (Fsp3) is 1.00. The van der Waals surface area contributed by atoms with E-state index < -0.39 is 0 Å². The van der Waals surface area contributed by atoms with Crippen LogP contribution in [0.25, 0.3) is 0 Å². The third-order valence-electron chi connectivity index (χ3n) is 1.81. The highest BCUT2D eigenvalue weighted by atomic mass is 32.2. The van der Waals surface area contributed by atoms with E-state index in [4.69, 9.17) is 0 Å². The van der Waals surface area contributed by atoms with Crippen molar-refractivity contribution in [2.75, 3.05) is 11.5 Å². The molecule has 9 heavy (non-hydrogen) atoms. The van der Waals surface area contributed by atoms with E-state index in [2.05, 4.69) is 0 Å². The smallest absolute Gasteiger partial charge is 0.0894 e. The molecule has 1 nitrogen and oxygen atoms in total. The topological polar surface area (TPSA) is 20.2 Å². The molecule has 0 amide bonds. The van der Waals surface area contributed by atoms with Crippen molar-refractivity contribution in [3.8, 4) is 0 Å². The Kier molecular flexibility index (Phi) is 1.47. The van der Waals surface area contributed by atoms with Crippen molar-refractivity contribution in [3.63, 3.8) is 0 Å². The molecule has 0 unspecified atom stereocenters. The second-order valence-corrected chi connectivity index (χ2v) is 5.69. The summed E-state index contributed by atoms with van der Waals surface area (Å²) < 4.78 is 0.276. The van der Waals surface area contributed by atoms with Gasteiger partial charge < -0.3 is 5.11 Å². The second-order valence-electron chi connectivity index (χ2n) is 2.58. The third kappa shape index (κ3) is 0.994. The maximum Gasteiger partial charge on any atom is 0.0894 e. The van der Waals surface area contributed by atoms with Gasteiger partial charge in [-0.25, -0.2) is 0 Å². The first-order valence-electron chi connectivity index (χ1n) is 3.29. The first-order valence-corrected chi connectivity index (χ1v) is 5.27. The Balaban J connectivity index is 1.97. The molecule has 1 saturated carbocycles. The van der Waals surface area contributed by atoms with E-state index >= 15 is 0 Å². The Morgan fingerprint density at radius 1 is 1.33 bits per heavy atom. The lowest BCUT2D eigenvalue weighted by molar-refractivity contribution is 0.277. The van der Waals surface area contributed by atoms with Crippen LogP contribution < -0.4 is 0 Å². The molecule has 3 heteroatoms. The minimum Gasteiger partial charge on any atom is -0.391 e. The van der Waals surface area contributed by atoms with Crippen molar-refractivity contribution < 1.29 is 5.11 Å². The van der Waals surface area contributed by atoms with Crippen LogP contribution in [0.1, 0.15) is 12.8 Å². The molecule has 0 aromatic rings. The van der Waals surface area contributed by atoms with E-state index in [1.54, 1.807) is 0 Å². The number of aliphatic hydroxyl groups is 1. The van der Waals surface area contributed by atoms with Gasteiger partial charge in [0.15, 0.2) is 0 Å².